The van der Waals surface area contributed by atoms with E-state index >= 15 is 0 Å². The standard InChI is InChI=1S/C16H25NS/c1-3-9-17-16(12-18-2)11-13-7-8-14-5-4-6-15(14)10-13/h7-8,10,16-17H,3-6,9,11-12H2,1-2H3. The number of fused-ring (bicyclic) bond motifs is 1. The van der Waals surface area contributed by atoms with Gasteiger partial charge in [-0.25, -0.2) is 0 Å². The second-order valence-electron chi connectivity index (χ2n) is 5.27. The Bertz CT molecular complexity index is 375. The molecule has 0 amide bonds. The summed E-state index contributed by atoms with van der Waals surface area (Å²) in [5.41, 5.74) is 4.70. The lowest BCUT2D eigenvalue weighted by molar-refractivity contribution is 0.550. The molecular weight excluding hydrogens is 238 g/mol. The molecule has 1 N–H and O–H groups in total. The molecule has 0 saturated carbocycles. The number of aryl methyl sites for hydroxylation is 2. The van der Waals surface area contributed by atoms with Crippen molar-refractivity contribution in [3.63, 3.8) is 0 Å². The average Bonchev–Trinajstić information content (AvgIpc) is 2.83. The predicted octanol–water partition coefficient (Wildman–Crippen LogP) is 3.45. The molecule has 0 aromatic heterocycles. The minimum Gasteiger partial charge on any atom is -0.313 e. The first-order valence-electron chi connectivity index (χ1n) is 7.16. The van der Waals surface area contributed by atoms with Crippen LogP contribution < -0.4 is 5.32 Å². The zero-order valence-corrected chi connectivity index (χ0v) is 12.5. The van der Waals surface area contributed by atoms with Gasteiger partial charge in [-0.15, -0.1) is 0 Å². The summed E-state index contributed by atoms with van der Waals surface area (Å²) in [6.07, 6.45) is 8.52. The lowest BCUT2D eigenvalue weighted by atomic mass is 10.0. The summed E-state index contributed by atoms with van der Waals surface area (Å²) in [7, 11) is 0. The first-order chi connectivity index (χ1) is 8.83. The maximum absolute atomic E-state index is 3.67. The van der Waals surface area contributed by atoms with Crippen LogP contribution in [0.4, 0.5) is 0 Å². The van der Waals surface area contributed by atoms with Gasteiger partial charge in [0.25, 0.3) is 0 Å². The van der Waals surface area contributed by atoms with Gasteiger partial charge in [-0.1, -0.05) is 25.1 Å². The SMILES string of the molecule is CCCNC(CSC)Cc1ccc2c(c1)CCC2. The normalized spacial score (nSPS) is 15.7. The fourth-order valence-corrected chi connectivity index (χ4v) is 3.41. The summed E-state index contributed by atoms with van der Waals surface area (Å²) >= 11 is 1.94. The van der Waals surface area contributed by atoms with Crippen LogP contribution >= 0.6 is 11.8 Å². The maximum Gasteiger partial charge on any atom is 0.0198 e. The lowest BCUT2D eigenvalue weighted by Gasteiger charge is -2.18. The zero-order chi connectivity index (χ0) is 12.8. The van der Waals surface area contributed by atoms with E-state index in [0.717, 1.165) is 6.54 Å². The van der Waals surface area contributed by atoms with Crippen molar-refractivity contribution < 1.29 is 0 Å². The summed E-state index contributed by atoms with van der Waals surface area (Å²) in [5.74, 6) is 1.21. The molecule has 0 spiro atoms. The second-order valence-corrected chi connectivity index (χ2v) is 6.18. The van der Waals surface area contributed by atoms with Gasteiger partial charge < -0.3 is 5.32 Å². The van der Waals surface area contributed by atoms with Crippen LogP contribution in [0.1, 0.15) is 36.5 Å². The molecule has 0 bridgehead atoms. The number of rotatable bonds is 7. The molecule has 0 saturated heterocycles. The summed E-state index contributed by atoms with van der Waals surface area (Å²) in [5, 5.41) is 3.67. The van der Waals surface area contributed by atoms with Crippen molar-refractivity contribution in [2.75, 3.05) is 18.6 Å². The Morgan fingerprint density at radius 2 is 2.11 bits per heavy atom. The largest absolute Gasteiger partial charge is 0.313 e. The van der Waals surface area contributed by atoms with Crippen molar-refractivity contribution in [3.05, 3.63) is 34.9 Å². The quantitative estimate of drug-likeness (QED) is 0.808. The molecule has 0 aliphatic heterocycles. The molecule has 0 radical (unpaired) electrons. The molecule has 1 aromatic rings. The van der Waals surface area contributed by atoms with Gasteiger partial charge in [0.2, 0.25) is 0 Å². The van der Waals surface area contributed by atoms with Crippen molar-refractivity contribution >= 4 is 11.8 Å². The summed E-state index contributed by atoms with van der Waals surface area (Å²) in [6, 6.07) is 7.77. The van der Waals surface area contributed by atoms with E-state index in [1.54, 1.807) is 11.1 Å². The minimum atomic E-state index is 0.624. The number of thioether (sulfide) groups is 1. The van der Waals surface area contributed by atoms with Gasteiger partial charge in [0.05, 0.1) is 0 Å². The summed E-state index contributed by atoms with van der Waals surface area (Å²) in [4.78, 5) is 0. The highest BCUT2D eigenvalue weighted by Gasteiger charge is 2.13. The number of hydrogen-bond acceptors (Lipinski definition) is 2. The first kappa shape index (κ1) is 14.0. The van der Waals surface area contributed by atoms with Crippen LogP contribution in [-0.4, -0.2) is 24.6 Å². The van der Waals surface area contributed by atoms with E-state index in [-0.39, 0.29) is 0 Å². The maximum atomic E-state index is 3.67. The molecule has 2 heteroatoms. The van der Waals surface area contributed by atoms with Crippen LogP contribution in [0.25, 0.3) is 0 Å². The zero-order valence-electron chi connectivity index (χ0n) is 11.7. The first-order valence-corrected chi connectivity index (χ1v) is 8.56. The third-order valence-corrected chi connectivity index (χ3v) is 4.43. The molecule has 100 valence electrons. The molecule has 2 rings (SSSR count). The summed E-state index contributed by atoms with van der Waals surface area (Å²) < 4.78 is 0. The van der Waals surface area contributed by atoms with Gasteiger partial charge in [-0.05, 0) is 61.6 Å². The van der Waals surface area contributed by atoms with E-state index < -0.39 is 0 Å². The average molecular weight is 263 g/mol. The molecule has 0 heterocycles. The van der Waals surface area contributed by atoms with Crippen LogP contribution in [-0.2, 0) is 19.3 Å². The number of benzene rings is 1. The highest BCUT2D eigenvalue weighted by Crippen LogP contribution is 2.23. The van der Waals surface area contributed by atoms with Gasteiger partial charge in [-0.2, -0.15) is 11.8 Å². The Morgan fingerprint density at radius 1 is 1.28 bits per heavy atom. The molecule has 1 unspecified atom stereocenters. The highest BCUT2D eigenvalue weighted by molar-refractivity contribution is 7.98. The van der Waals surface area contributed by atoms with Crippen molar-refractivity contribution in [2.24, 2.45) is 0 Å². The van der Waals surface area contributed by atoms with Crippen molar-refractivity contribution in [1.29, 1.82) is 0 Å². The Balaban J connectivity index is 1.97. The number of nitrogens with one attached hydrogen (secondary N) is 1. The summed E-state index contributed by atoms with van der Waals surface area (Å²) in [6.45, 7) is 3.37. The van der Waals surface area contributed by atoms with Crippen LogP contribution in [0, 0.1) is 0 Å². The van der Waals surface area contributed by atoms with Crippen molar-refractivity contribution in [3.8, 4) is 0 Å². The highest BCUT2D eigenvalue weighted by atomic mass is 32.2. The molecule has 1 atom stereocenters. The van der Waals surface area contributed by atoms with Gasteiger partial charge in [0.1, 0.15) is 0 Å². The molecule has 0 fully saturated rings. The van der Waals surface area contributed by atoms with Crippen LogP contribution in [0.3, 0.4) is 0 Å². The van der Waals surface area contributed by atoms with Crippen LogP contribution in [0.15, 0.2) is 18.2 Å². The molecule has 1 nitrogen and oxygen atoms in total. The molecular formula is C16H25NS. The monoisotopic (exact) mass is 263 g/mol. The Morgan fingerprint density at radius 3 is 2.89 bits per heavy atom. The van der Waals surface area contributed by atoms with E-state index in [0.29, 0.717) is 6.04 Å². The Hall–Kier alpha value is -0.470. The van der Waals surface area contributed by atoms with E-state index in [1.165, 1.54) is 43.4 Å². The van der Waals surface area contributed by atoms with Crippen LogP contribution in [0.2, 0.25) is 0 Å². The van der Waals surface area contributed by atoms with Gasteiger partial charge in [0.15, 0.2) is 0 Å². The Labute approximate surface area is 116 Å². The molecule has 1 aliphatic carbocycles. The van der Waals surface area contributed by atoms with E-state index in [9.17, 15) is 0 Å². The van der Waals surface area contributed by atoms with Gasteiger partial charge in [0, 0.05) is 11.8 Å². The van der Waals surface area contributed by atoms with E-state index in [2.05, 4.69) is 36.7 Å². The topological polar surface area (TPSA) is 12.0 Å². The number of hydrogen-bond donors (Lipinski definition) is 1. The molecule has 1 aromatic carbocycles. The lowest BCUT2D eigenvalue weighted by Crippen LogP contribution is -2.34. The minimum absolute atomic E-state index is 0.624. The third kappa shape index (κ3) is 3.76. The fourth-order valence-electron chi connectivity index (χ4n) is 2.78. The van der Waals surface area contributed by atoms with E-state index in [1.807, 2.05) is 11.8 Å². The van der Waals surface area contributed by atoms with E-state index in [4.69, 9.17) is 0 Å². The van der Waals surface area contributed by atoms with Crippen molar-refractivity contribution in [2.45, 2.75) is 45.1 Å². The van der Waals surface area contributed by atoms with Crippen LogP contribution in [0.5, 0.6) is 0 Å². The molecule has 1 aliphatic rings. The fraction of sp³-hybridized carbons (Fsp3) is 0.625. The van der Waals surface area contributed by atoms with Gasteiger partial charge >= 0.3 is 0 Å². The third-order valence-electron chi connectivity index (χ3n) is 3.70. The smallest absolute Gasteiger partial charge is 0.0198 e. The van der Waals surface area contributed by atoms with Crippen molar-refractivity contribution in [1.82, 2.24) is 5.32 Å². The second kappa shape index (κ2) is 7.20. The Kier molecular flexibility index (Phi) is 5.58. The molecule has 18 heavy (non-hydrogen) atoms. The predicted molar refractivity (Wildman–Crippen MR) is 82.6 cm³/mol. The van der Waals surface area contributed by atoms with Gasteiger partial charge in [-0.3, -0.25) is 0 Å².